The summed E-state index contributed by atoms with van der Waals surface area (Å²) in [6, 6.07) is 5.20. The van der Waals surface area contributed by atoms with Crippen LogP contribution in [0.2, 0.25) is 5.02 Å². The monoisotopic (exact) mass is 477 g/mol. The summed E-state index contributed by atoms with van der Waals surface area (Å²) < 4.78 is 5.55. The molecular formula is C25H36ClN3O4. The van der Waals surface area contributed by atoms with Crippen molar-refractivity contribution in [1.29, 1.82) is 0 Å². The lowest BCUT2D eigenvalue weighted by Gasteiger charge is -2.39. The molecular weight excluding hydrogens is 442 g/mol. The summed E-state index contributed by atoms with van der Waals surface area (Å²) in [7, 11) is 0. The summed E-state index contributed by atoms with van der Waals surface area (Å²) in [6.45, 7) is 5.30. The third-order valence-electron chi connectivity index (χ3n) is 6.49. The van der Waals surface area contributed by atoms with E-state index in [4.69, 9.17) is 22.1 Å². The zero-order valence-corrected chi connectivity index (χ0v) is 20.6. The van der Waals surface area contributed by atoms with Gasteiger partial charge >= 0.3 is 12.0 Å². The maximum atomic E-state index is 13.9. The second-order valence-corrected chi connectivity index (χ2v) is 10.6. The molecule has 1 saturated heterocycles. The van der Waals surface area contributed by atoms with E-state index in [0.717, 1.165) is 38.5 Å². The highest BCUT2D eigenvalue weighted by Crippen LogP contribution is 2.35. The minimum atomic E-state index is -0.794. The van der Waals surface area contributed by atoms with Crippen molar-refractivity contribution in [2.45, 2.75) is 89.8 Å². The van der Waals surface area contributed by atoms with Crippen molar-refractivity contribution in [1.82, 2.24) is 4.90 Å². The Labute approximate surface area is 201 Å². The summed E-state index contributed by atoms with van der Waals surface area (Å²) in [4.78, 5) is 42.2. The molecule has 8 heteroatoms. The molecule has 2 aliphatic rings. The standard InChI is InChI=1S/C25H36ClN3O4/c1-25(2,3)33-22(30)16-28-20(17-9-5-4-6-10-17)13-8-14-21(23(28)31)29(24(27)32)19-12-7-11-18(26)15-19/h7,11-12,15,17,20-21H,4-6,8-10,13-14,16H2,1-3H3,(H2,27,32). The molecule has 2 fully saturated rings. The maximum absolute atomic E-state index is 13.9. The lowest BCUT2D eigenvalue weighted by atomic mass is 9.81. The minimum Gasteiger partial charge on any atom is -0.459 e. The smallest absolute Gasteiger partial charge is 0.326 e. The molecule has 1 aromatic rings. The van der Waals surface area contributed by atoms with Crippen LogP contribution >= 0.6 is 11.6 Å². The molecule has 33 heavy (non-hydrogen) atoms. The van der Waals surface area contributed by atoms with Crippen molar-refractivity contribution in [3.63, 3.8) is 0 Å². The molecule has 2 N–H and O–H groups in total. The molecule has 3 amide bonds. The van der Waals surface area contributed by atoms with E-state index < -0.39 is 23.6 Å². The summed E-state index contributed by atoms with van der Waals surface area (Å²) in [5, 5.41) is 0.450. The SMILES string of the molecule is CC(C)(C)OC(=O)CN1C(=O)C(N(C(N)=O)c2cccc(Cl)c2)CCCC1C1CCCCC1. The number of hydrogen-bond donors (Lipinski definition) is 1. The topological polar surface area (TPSA) is 92.9 Å². The van der Waals surface area contributed by atoms with E-state index in [-0.39, 0.29) is 18.5 Å². The molecule has 0 aromatic heterocycles. The van der Waals surface area contributed by atoms with Crippen LogP contribution in [0.15, 0.2) is 24.3 Å². The van der Waals surface area contributed by atoms with Gasteiger partial charge in [-0.05, 0) is 77.0 Å². The number of primary amides is 1. The molecule has 1 aromatic carbocycles. The maximum Gasteiger partial charge on any atom is 0.326 e. The number of benzene rings is 1. The van der Waals surface area contributed by atoms with E-state index in [1.807, 2.05) is 20.8 Å². The summed E-state index contributed by atoms with van der Waals surface area (Å²) in [6.07, 6.45) is 7.58. The Morgan fingerprint density at radius 1 is 1.12 bits per heavy atom. The molecule has 0 spiro atoms. The number of amides is 3. The number of carbonyl (C=O) groups is 3. The van der Waals surface area contributed by atoms with Crippen molar-refractivity contribution in [2.24, 2.45) is 11.7 Å². The summed E-state index contributed by atoms with van der Waals surface area (Å²) in [5.41, 5.74) is 5.58. The third-order valence-corrected chi connectivity index (χ3v) is 6.73. The van der Waals surface area contributed by atoms with Crippen molar-refractivity contribution in [3.8, 4) is 0 Å². The van der Waals surface area contributed by atoms with Gasteiger partial charge in [0, 0.05) is 16.8 Å². The summed E-state index contributed by atoms with van der Waals surface area (Å²) >= 11 is 6.15. The van der Waals surface area contributed by atoms with Crippen molar-refractivity contribution in [2.75, 3.05) is 11.4 Å². The van der Waals surface area contributed by atoms with Gasteiger partial charge in [-0.15, -0.1) is 0 Å². The van der Waals surface area contributed by atoms with E-state index >= 15 is 0 Å². The lowest BCUT2D eigenvalue weighted by Crippen LogP contribution is -2.56. The van der Waals surface area contributed by atoms with E-state index in [9.17, 15) is 14.4 Å². The van der Waals surface area contributed by atoms with Gasteiger partial charge in [0.05, 0.1) is 0 Å². The highest BCUT2D eigenvalue weighted by atomic mass is 35.5. The molecule has 1 heterocycles. The largest absolute Gasteiger partial charge is 0.459 e. The molecule has 182 valence electrons. The highest BCUT2D eigenvalue weighted by Gasteiger charge is 2.42. The Morgan fingerprint density at radius 2 is 1.82 bits per heavy atom. The normalized spacial score (nSPS) is 22.5. The van der Waals surface area contributed by atoms with Gasteiger partial charge in [-0.1, -0.05) is 36.9 Å². The highest BCUT2D eigenvalue weighted by molar-refractivity contribution is 6.31. The lowest BCUT2D eigenvalue weighted by molar-refractivity contribution is -0.160. The first-order chi connectivity index (χ1) is 15.6. The Balaban J connectivity index is 1.94. The van der Waals surface area contributed by atoms with Gasteiger partial charge in [-0.3, -0.25) is 14.5 Å². The number of nitrogens with zero attached hydrogens (tertiary/aromatic N) is 2. The number of carbonyl (C=O) groups excluding carboxylic acids is 3. The van der Waals surface area contributed by atoms with E-state index in [2.05, 4.69) is 0 Å². The average molecular weight is 478 g/mol. The van der Waals surface area contributed by atoms with Crippen LogP contribution in [0.4, 0.5) is 10.5 Å². The van der Waals surface area contributed by atoms with Gasteiger partial charge in [0.1, 0.15) is 18.2 Å². The Kier molecular flexibility index (Phi) is 8.27. The molecule has 0 radical (unpaired) electrons. The molecule has 1 saturated carbocycles. The van der Waals surface area contributed by atoms with Crippen LogP contribution in [0.1, 0.15) is 72.1 Å². The van der Waals surface area contributed by atoms with Gasteiger partial charge in [-0.25, -0.2) is 4.79 Å². The fourth-order valence-electron chi connectivity index (χ4n) is 5.20. The van der Waals surface area contributed by atoms with Gasteiger partial charge in [-0.2, -0.15) is 0 Å². The third kappa shape index (κ3) is 6.62. The van der Waals surface area contributed by atoms with Crippen molar-refractivity contribution < 1.29 is 19.1 Å². The van der Waals surface area contributed by atoms with E-state index in [0.29, 0.717) is 23.0 Å². The molecule has 2 unspecified atom stereocenters. The Morgan fingerprint density at radius 3 is 2.42 bits per heavy atom. The van der Waals surface area contributed by atoms with Gasteiger partial charge in [0.15, 0.2) is 0 Å². The Bertz CT molecular complexity index is 863. The molecule has 1 aliphatic carbocycles. The molecule has 2 atom stereocenters. The quantitative estimate of drug-likeness (QED) is 0.610. The first kappa shape index (κ1) is 25.3. The fourth-order valence-corrected chi connectivity index (χ4v) is 5.38. The number of esters is 1. The molecule has 1 aliphatic heterocycles. The number of hydrogen-bond acceptors (Lipinski definition) is 4. The zero-order chi connectivity index (χ0) is 24.2. The summed E-state index contributed by atoms with van der Waals surface area (Å²) in [5.74, 6) is -0.351. The predicted octanol–water partition coefficient (Wildman–Crippen LogP) is 4.90. The molecule has 3 rings (SSSR count). The molecule has 0 bridgehead atoms. The van der Waals surface area contributed by atoms with Crippen molar-refractivity contribution in [3.05, 3.63) is 29.3 Å². The van der Waals surface area contributed by atoms with Gasteiger partial charge < -0.3 is 15.4 Å². The predicted molar refractivity (Wildman–Crippen MR) is 129 cm³/mol. The van der Waals surface area contributed by atoms with Crippen LogP contribution in [0.5, 0.6) is 0 Å². The van der Waals surface area contributed by atoms with Gasteiger partial charge in [0.25, 0.3) is 0 Å². The second-order valence-electron chi connectivity index (χ2n) is 10.2. The number of rotatable bonds is 5. The number of ether oxygens (including phenoxy) is 1. The van der Waals surface area contributed by atoms with Crippen molar-refractivity contribution >= 4 is 35.2 Å². The first-order valence-corrected chi connectivity index (χ1v) is 12.3. The number of urea groups is 1. The number of nitrogens with two attached hydrogens (primary N) is 1. The minimum absolute atomic E-state index is 0.0515. The van der Waals surface area contributed by atoms with Crippen LogP contribution in [-0.4, -0.2) is 47.0 Å². The van der Waals surface area contributed by atoms with Crippen LogP contribution < -0.4 is 10.6 Å². The Hall–Kier alpha value is -2.28. The number of anilines is 1. The van der Waals surface area contributed by atoms with Crippen LogP contribution in [-0.2, 0) is 14.3 Å². The first-order valence-electron chi connectivity index (χ1n) is 11.9. The van der Waals surface area contributed by atoms with E-state index in [1.165, 1.54) is 11.3 Å². The van der Waals surface area contributed by atoms with Crippen LogP contribution in [0.25, 0.3) is 0 Å². The van der Waals surface area contributed by atoms with E-state index in [1.54, 1.807) is 29.2 Å². The molecule has 7 nitrogen and oxygen atoms in total. The average Bonchev–Trinajstić information content (AvgIpc) is 2.87. The van der Waals surface area contributed by atoms with Crippen LogP contribution in [0.3, 0.4) is 0 Å². The van der Waals surface area contributed by atoms with Gasteiger partial charge in [0.2, 0.25) is 5.91 Å². The number of halogens is 1. The zero-order valence-electron chi connectivity index (χ0n) is 19.9. The second kappa shape index (κ2) is 10.8. The fraction of sp³-hybridized carbons (Fsp3) is 0.640. The van der Waals surface area contributed by atoms with Crippen LogP contribution in [0, 0.1) is 5.92 Å². The number of likely N-dealkylation sites (tertiary alicyclic amines) is 1.